The third kappa shape index (κ3) is 1.73. The van der Waals surface area contributed by atoms with E-state index in [0.717, 1.165) is 0 Å². The molecule has 0 saturated heterocycles. The fourth-order valence-corrected chi connectivity index (χ4v) is 1.40. The molecule has 76 valence electrons. The second-order valence-electron chi connectivity index (χ2n) is 3.10. The molecule has 0 unspecified atom stereocenters. The Morgan fingerprint density at radius 2 is 2.00 bits per heavy atom. The average Bonchev–Trinajstić information content (AvgIpc) is 2.08. The van der Waals surface area contributed by atoms with Crippen molar-refractivity contribution in [1.82, 2.24) is 0 Å². The van der Waals surface area contributed by atoms with Crippen LogP contribution in [0.2, 0.25) is 0 Å². The lowest BCUT2D eigenvalue weighted by atomic mass is 9.97. The summed E-state index contributed by atoms with van der Waals surface area (Å²) in [4.78, 5) is 11.2. The number of nitrogen functional groups attached to an aromatic ring is 1. The van der Waals surface area contributed by atoms with Gasteiger partial charge in [-0.05, 0) is 25.5 Å². The normalized spacial score (nSPS) is 10.6. The van der Waals surface area contributed by atoms with Crippen LogP contribution < -0.4 is 5.73 Å². The number of Topliss-reactive ketones (excluding diaryl/α,β-unsaturated/α-hetero) is 1. The summed E-state index contributed by atoms with van der Waals surface area (Å²) in [6.45, 7) is 2.82. The molecular formula is C10H11F2NO. The number of rotatable bonds is 2. The van der Waals surface area contributed by atoms with E-state index in [4.69, 9.17) is 5.73 Å². The topological polar surface area (TPSA) is 43.1 Å². The zero-order valence-corrected chi connectivity index (χ0v) is 7.97. The predicted molar refractivity (Wildman–Crippen MR) is 50.6 cm³/mol. The molecule has 0 amide bonds. The van der Waals surface area contributed by atoms with Crippen molar-refractivity contribution in [3.05, 3.63) is 28.8 Å². The number of hydrogen-bond donors (Lipinski definition) is 1. The summed E-state index contributed by atoms with van der Waals surface area (Å²) in [5.41, 5.74) is 6.11. The molecule has 0 bridgehead atoms. The third-order valence-corrected chi connectivity index (χ3v) is 2.13. The van der Waals surface area contributed by atoms with Gasteiger partial charge in [-0.25, -0.2) is 8.78 Å². The quantitative estimate of drug-likeness (QED) is 0.587. The molecule has 0 radical (unpaired) electrons. The highest BCUT2D eigenvalue weighted by Crippen LogP contribution is 2.28. The van der Waals surface area contributed by atoms with Crippen LogP contribution >= 0.6 is 0 Å². The third-order valence-electron chi connectivity index (χ3n) is 2.13. The Kier molecular flexibility index (Phi) is 2.84. The van der Waals surface area contributed by atoms with E-state index in [2.05, 4.69) is 0 Å². The fourth-order valence-electron chi connectivity index (χ4n) is 1.40. The van der Waals surface area contributed by atoms with Gasteiger partial charge in [-0.15, -0.1) is 0 Å². The van der Waals surface area contributed by atoms with Gasteiger partial charge in [0.15, 0.2) is 5.78 Å². The molecule has 0 aliphatic carbocycles. The molecule has 1 aromatic carbocycles. The Hall–Kier alpha value is -1.45. The summed E-state index contributed by atoms with van der Waals surface area (Å²) in [7, 11) is 0. The van der Waals surface area contributed by atoms with E-state index in [1.54, 1.807) is 6.92 Å². The van der Waals surface area contributed by atoms with E-state index in [1.807, 2.05) is 0 Å². The van der Waals surface area contributed by atoms with Gasteiger partial charge in [0.25, 0.3) is 6.43 Å². The molecule has 2 nitrogen and oxygen atoms in total. The van der Waals surface area contributed by atoms with Gasteiger partial charge in [-0.3, -0.25) is 4.79 Å². The lowest BCUT2D eigenvalue weighted by Crippen LogP contribution is -2.05. The molecule has 4 heteroatoms. The molecule has 0 spiro atoms. The molecule has 0 heterocycles. The Bertz CT molecular complexity index is 375. The highest BCUT2D eigenvalue weighted by Gasteiger charge is 2.18. The van der Waals surface area contributed by atoms with Crippen molar-refractivity contribution in [2.75, 3.05) is 5.73 Å². The Balaban J connectivity index is 3.45. The Morgan fingerprint density at radius 3 is 2.43 bits per heavy atom. The van der Waals surface area contributed by atoms with E-state index in [9.17, 15) is 13.6 Å². The van der Waals surface area contributed by atoms with Gasteiger partial charge in [0, 0.05) is 16.8 Å². The fraction of sp³-hybridized carbons (Fsp3) is 0.300. The molecule has 0 atom stereocenters. The van der Waals surface area contributed by atoms with E-state index in [0.29, 0.717) is 11.3 Å². The smallest absolute Gasteiger partial charge is 0.264 e. The van der Waals surface area contributed by atoms with Crippen LogP contribution in [0.4, 0.5) is 14.5 Å². The zero-order chi connectivity index (χ0) is 10.9. The van der Waals surface area contributed by atoms with Crippen molar-refractivity contribution in [2.45, 2.75) is 20.3 Å². The van der Waals surface area contributed by atoms with Gasteiger partial charge in [0.2, 0.25) is 0 Å². The molecule has 0 aliphatic rings. The first kappa shape index (κ1) is 10.6. The van der Waals surface area contributed by atoms with Crippen LogP contribution in [0.3, 0.4) is 0 Å². The molecule has 1 rings (SSSR count). The maximum Gasteiger partial charge on any atom is 0.264 e. The molecule has 0 aliphatic heterocycles. The van der Waals surface area contributed by atoms with Gasteiger partial charge in [0.05, 0.1) is 0 Å². The van der Waals surface area contributed by atoms with Crippen LogP contribution in [0, 0.1) is 6.92 Å². The predicted octanol–water partition coefficient (Wildman–Crippen LogP) is 2.72. The van der Waals surface area contributed by atoms with Crippen molar-refractivity contribution in [3.63, 3.8) is 0 Å². The van der Waals surface area contributed by atoms with E-state index < -0.39 is 6.43 Å². The molecule has 14 heavy (non-hydrogen) atoms. The SMILES string of the molecule is CC(=O)c1c(C(F)F)ccc(N)c1C. The van der Waals surface area contributed by atoms with Gasteiger partial charge < -0.3 is 5.73 Å². The average molecular weight is 199 g/mol. The van der Waals surface area contributed by atoms with Crippen molar-refractivity contribution in [2.24, 2.45) is 0 Å². The number of hydrogen-bond acceptors (Lipinski definition) is 2. The second kappa shape index (κ2) is 3.74. The van der Waals surface area contributed by atoms with Gasteiger partial charge in [-0.2, -0.15) is 0 Å². The van der Waals surface area contributed by atoms with Crippen molar-refractivity contribution in [3.8, 4) is 0 Å². The molecule has 0 fully saturated rings. The largest absolute Gasteiger partial charge is 0.398 e. The maximum absolute atomic E-state index is 12.5. The maximum atomic E-state index is 12.5. The van der Waals surface area contributed by atoms with Crippen molar-refractivity contribution < 1.29 is 13.6 Å². The Morgan fingerprint density at radius 1 is 1.43 bits per heavy atom. The number of alkyl halides is 2. The van der Waals surface area contributed by atoms with Crippen LogP contribution in [-0.4, -0.2) is 5.78 Å². The number of halogens is 2. The first-order valence-corrected chi connectivity index (χ1v) is 4.13. The van der Waals surface area contributed by atoms with Crippen LogP contribution in [0.15, 0.2) is 12.1 Å². The van der Waals surface area contributed by atoms with Crippen LogP contribution in [0.5, 0.6) is 0 Å². The summed E-state index contributed by atoms with van der Waals surface area (Å²) in [5, 5.41) is 0. The number of carbonyl (C=O) groups excluding carboxylic acids is 1. The van der Waals surface area contributed by atoms with Gasteiger partial charge >= 0.3 is 0 Å². The summed E-state index contributed by atoms with van der Waals surface area (Å²) >= 11 is 0. The molecule has 0 saturated carbocycles. The number of nitrogens with two attached hydrogens (primary N) is 1. The summed E-state index contributed by atoms with van der Waals surface area (Å²) in [6.07, 6.45) is -2.65. The van der Waals surface area contributed by atoms with E-state index in [-0.39, 0.29) is 16.9 Å². The number of benzene rings is 1. The first-order valence-electron chi connectivity index (χ1n) is 4.13. The lowest BCUT2D eigenvalue weighted by Gasteiger charge is -2.11. The molecule has 2 N–H and O–H groups in total. The summed E-state index contributed by atoms with van der Waals surface area (Å²) in [6, 6.07) is 2.59. The molecule has 0 aromatic heterocycles. The number of anilines is 1. The minimum atomic E-state index is -2.65. The Labute approximate surface area is 80.7 Å². The monoisotopic (exact) mass is 199 g/mol. The molecule has 1 aromatic rings. The van der Waals surface area contributed by atoms with E-state index >= 15 is 0 Å². The van der Waals surface area contributed by atoms with Crippen LogP contribution in [-0.2, 0) is 0 Å². The number of ketones is 1. The van der Waals surface area contributed by atoms with E-state index in [1.165, 1.54) is 19.1 Å². The van der Waals surface area contributed by atoms with Crippen molar-refractivity contribution >= 4 is 11.5 Å². The second-order valence-corrected chi connectivity index (χ2v) is 3.10. The van der Waals surface area contributed by atoms with Crippen LogP contribution in [0.25, 0.3) is 0 Å². The molecular weight excluding hydrogens is 188 g/mol. The lowest BCUT2D eigenvalue weighted by molar-refractivity contribution is 0.0998. The first-order chi connectivity index (χ1) is 6.45. The highest BCUT2D eigenvalue weighted by atomic mass is 19.3. The minimum absolute atomic E-state index is 0.0417. The standard InChI is InChI=1S/C10H11F2NO/c1-5-8(13)4-3-7(10(11)12)9(5)6(2)14/h3-4,10H,13H2,1-2H3. The highest BCUT2D eigenvalue weighted by molar-refractivity contribution is 5.98. The van der Waals surface area contributed by atoms with Gasteiger partial charge in [0.1, 0.15) is 0 Å². The minimum Gasteiger partial charge on any atom is -0.398 e. The van der Waals surface area contributed by atoms with Crippen molar-refractivity contribution in [1.29, 1.82) is 0 Å². The zero-order valence-electron chi connectivity index (χ0n) is 7.97. The number of carbonyl (C=O) groups is 1. The van der Waals surface area contributed by atoms with Gasteiger partial charge in [-0.1, -0.05) is 6.07 Å². The van der Waals surface area contributed by atoms with Crippen LogP contribution in [0.1, 0.15) is 34.8 Å². The summed E-state index contributed by atoms with van der Waals surface area (Å²) < 4.78 is 25.0. The summed E-state index contributed by atoms with van der Waals surface area (Å²) in [5.74, 6) is -0.384.